The lowest BCUT2D eigenvalue weighted by atomic mass is 9.94. The number of pyridine rings is 4. The maximum absolute atomic E-state index is 5.27. The van der Waals surface area contributed by atoms with Crippen LogP contribution < -0.4 is 0 Å². The van der Waals surface area contributed by atoms with Crippen LogP contribution in [0.1, 0.15) is 0 Å². The third-order valence-electron chi connectivity index (χ3n) is 9.48. The molecular weight excluding hydrogens is 585 g/mol. The summed E-state index contributed by atoms with van der Waals surface area (Å²) >= 11 is 0. The zero-order valence-electron chi connectivity index (χ0n) is 25.8. The summed E-state index contributed by atoms with van der Waals surface area (Å²) in [5.41, 5.74) is 11.3. The van der Waals surface area contributed by atoms with Gasteiger partial charge < -0.3 is 0 Å². The van der Waals surface area contributed by atoms with Crippen molar-refractivity contribution in [3.63, 3.8) is 0 Å². The van der Waals surface area contributed by atoms with E-state index >= 15 is 0 Å². The molecule has 0 spiro atoms. The summed E-state index contributed by atoms with van der Waals surface area (Å²) in [4.78, 5) is 19.8. The number of fused-ring (bicyclic) bond motifs is 8. The lowest BCUT2D eigenvalue weighted by Crippen LogP contribution is -1.93. The summed E-state index contributed by atoms with van der Waals surface area (Å²) in [5, 5.41) is 7.85. The van der Waals surface area contributed by atoms with Crippen LogP contribution in [0.5, 0.6) is 0 Å². The van der Waals surface area contributed by atoms with Crippen molar-refractivity contribution in [1.29, 1.82) is 0 Å². The van der Waals surface area contributed by atoms with Gasteiger partial charge in [-0.15, -0.1) is 0 Å². The molecule has 4 aromatic heterocycles. The molecular formula is C44H26N4. The van der Waals surface area contributed by atoms with E-state index in [9.17, 15) is 0 Å². The van der Waals surface area contributed by atoms with Crippen LogP contribution in [0.4, 0.5) is 0 Å². The highest BCUT2D eigenvalue weighted by Crippen LogP contribution is 2.38. The Hall–Kier alpha value is -6.52. The van der Waals surface area contributed by atoms with Crippen LogP contribution in [0.25, 0.3) is 98.8 Å². The van der Waals surface area contributed by atoms with Gasteiger partial charge >= 0.3 is 0 Å². The van der Waals surface area contributed by atoms with Crippen LogP contribution in [0, 0.1) is 0 Å². The molecule has 6 aromatic carbocycles. The van der Waals surface area contributed by atoms with Crippen LogP contribution in [0.2, 0.25) is 0 Å². The first-order chi connectivity index (χ1) is 23.8. The van der Waals surface area contributed by atoms with Gasteiger partial charge in [-0.1, -0.05) is 103 Å². The number of benzene rings is 6. The van der Waals surface area contributed by atoms with Gasteiger partial charge in [-0.25, -0.2) is 9.97 Å². The minimum absolute atomic E-state index is 0.912. The minimum Gasteiger partial charge on any atom is -0.254 e. The van der Waals surface area contributed by atoms with Crippen molar-refractivity contribution in [2.24, 2.45) is 0 Å². The standard InChI is InChI=1S/C44H26N4/c1-2-8-27(9-3-1)40-35-11-4-5-13-39(35)48-44-36(40)20-18-28-19-21-38(47-42(28)44)32-17-15-29-24-31(16-14-30(29)25-32)37-26-33-10-6-22-45-41(33)43-34(37)12-7-23-46-43/h1-26H. The molecule has 222 valence electrons. The molecule has 0 unspecified atom stereocenters. The molecule has 0 bridgehead atoms. The van der Waals surface area contributed by atoms with E-state index in [0.29, 0.717) is 0 Å². The van der Waals surface area contributed by atoms with Crippen molar-refractivity contribution < 1.29 is 0 Å². The molecule has 0 aliphatic rings. The largest absolute Gasteiger partial charge is 0.254 e. The smallest absolute Gasteiger partial charge is 0.0978 e. The molecule has 10 rings (SSSR count). The van der Waals surface area contributed by atoms with Gasteiger partial charge in [0.15, 0.2) is 0 Å². The zero-order valence-corrected chi connectivity index (χ0v) is 25.8. The van der Waals surface area contributed by atoms with E-state index in [1.54, 1.807) is 0 Å². The molecule has 0 saturated carbocycles. The summed E-state index contributed by atoms with van der Waals surface area (Å²) in [5.74, 6) is 0. The van der Waals surface area contributed by atoms with E-state index < -0.39 is 0 Å². The molecule has 4 heteroatoms. The molecule has 0 atom stereocenters. The van der Waals surface area contributed by atoms with Gasteiger partial charge in [0.25, 0.3) is 0 Å². The first kappa shape index (κ1) is 26.7. The third kappa shape index (κ3) is 4.16. The first-order valence-corrected chi connectivity index (χ1v) is 16.1. The van der Waals surface area contributed by atoms with Crippen LogP contribution in [0.15, 0.2) is 158 Å². The third-order valence-corrected chi connectivity index (χ3v) is 9.48. The van der Waals surface area contributed by atoms with Gasteiger partial charge in [0.05, 0.1) is 33.3 Å². The molecule has 0 aliphatic heterocycles. The van der Waals surface area contributed by atoms with Gasteiger partial charge in [0.1, 0.15) is 0 Å². The minimum atomic E-state index is 0.912. The number of para-hydroxylation sites is 1. The number of rotatable bonds is 3. The Kier molecular flexibility index (Phi) is 5.84. The first-order valence-electron chi connectivity index (χ1n) is 16.1. The summed E-state index contributed by atoms with van der Waals surface area (Å²) in [7, 11) is 0. The fraction of sp³-hybridized carbons (Fsp3) is 0. The van der Waals surface area contributed by atoms with Crippen molar-refractivity contribution in [2.45, 2.75) is 0 Å². The summed E-state index contributed by atoms with van der Waals surface area (Å²) in [6.45, 7) is 0. The van der Waals surface area contributed by atoms with Gasteiger partial charge in [-0.3, -0.25) is 9.97 Å². The average molecular weight is 611 g/mol. The van der Waals surface area contributed by atoms with Gasteiger partial charge in [0.2, 0.25) is 0 Å². The Balaban J connectivity index is 1.12. The molecule has 0 fully saturated rings. The molecule has 0 aliphatic carbocycles. The SMILES string of the molecule is c1ccc(-c2c3ccccc3nc3c2ccc2ccc(-c4ccc5cc(-c6cc7cccnc7c7ncccc67)ccc5c4)nc23)cc1. The van der Waals surface area contributed by atoms with Crippen molar-refractivity contribution in [3.8, 4) is 33.5 Å². The van der Waals surface area contributed by atoms with Gasteiger partial charge in [0, 0.05) is 50.5 Å². The second kappa shape index (κ2) is 10.5. The van der Waals surface area contributed by atoms with E-state index in [4.69, 9.17) is 15.0 Å². The van der Waals surface area contributed by atoms with Gasteiger partial charge in [-0.2, -0.15) is 0 Å². The van der Waals surface area contributed by atoms with E-state index in [-0.39, 0.29) is 0 Å². The molecule has 4 heterocycles. The van der Waals surface area contributed by atoms with Crippen molar-refractivity contribution in [1.82, 2.24) is 19.9 Å². The second-order valence-electron chi connectivity index (χ2n) is 12.3. The average Bonchev–Trinajstić information content (AvgIpc) is 3.16. The number of aromatic nitrogens is 4. The predicted molar refractivity (Wildman–Crippen MR) is 199 cm³/mol. The fourth-order valence-electron chi connectivity index (χ4n) is 7.20. The Morgan fingerprint density at radius 2 is 1.06 bits per heavy atom. The molecule has 4 nitrogen and oxygen atoms in total. The maximum Gasteiger partial charge on any atom is 0.0978 e. The van der Waals surface area contributed by atoms with Crippen LogP contribution >= 0.6 is 0 Å². The Labute approximate surface area is 276 Å². The van der Waals surface area contributed by atoms with Crippen molar-refractivity contribution in [2.75, 3.05) is 0 Å². The highest BCUT2D eigenvalue weighted by molar-refractivity contribution is 6.16. The van der Waals surface area contributed by atoms with Crippen LogP contribution in [0.3, 0.4) is 0 Å². The van der Waals surface area contributed by atoms with E-state index in [2.05, 4.69) is 138 Å². The van der Waals surface area contributed by atoms with E-state index in [0.717, 1.165) is 82.3 Å². The zero-order chi connectivity index (χ0) is 31.6. The Morgan fingerprint density at radius 1 is 0.354 bits per heavy atom. The lowest BCUT2D eigenvalue weighted by molar-refractivity contribution is 1.37. The summed E-state index contributed by atoms with van der Waals surface area (Å²) in [6.07, 6.45) is 3.67. The highest BCUT2D eigenvalue weighted by atomic mass is 14.8. The van der Waals surface area contributed by atoms with Gasteiger partial charge in [-0.05, 0) is 69.9 Å². The summed E-state index contributed by atoms with van der Waals surface area (Å²) < 4.78 is 0. The lowest BCUT2D eigenvalue weighted by Gasteiger charge is -2.13. The number of nitrogens with zero attached hydrogens (tertiary/aromatic N) is 4. The predicted octanol–water partition coefficient (Wildman–Crippen LogP) is 11.2. The molecule has 0 amide bonds. The molecule has 0 radical (unpaired) electrons. The van der Waals surface area contributed by atoms with E-state index in [1.165, 1.54) is 16.5 Å². The quantitative estimate of drug-likeness (QED) is 0.147. The molecule has 0 N–H and O–H groups in total. The van der Waals surface area contributed by atoms with Crippen molar-refractivity contribution in [3.05, 3.63) is 158 Å². The summed E-state index contributed by atoms with van der Waals surface area (Å²) in [6, 6.07) is 51.4. The maximum atomic E-state index is 5.27. The molecule has 0 saturated heterocycles. The van der Waals surface area contributed by atoms with Crippen LogP contribution in [-0.2, 0) is 0 Å². The number of hydrogen-bond donors (Lipinski definition) is 0. The van der Waals surface area contributed by atoms with Crippen LogP contribution in [-0.4, -0.2) is 19.9 Å². The highest BCUT2D eigenvalue weighted by Gasteiger charge is 2.15. The normalized spacial score (nSPS) is 11.8. The Bertz CT molecular complexity index is 2900. The molecule has 48 heavy (non-hydrogen) atoms. The fourth-order valence-corrected chi connectivity index (χ4v) is 7.20. The molecule has 10 aromatic rings. The monoisotopic (exact) mass is 610 g/mol. The Morgan fingerprint density at radius 3 is 1.96 bits per heavy atom. The number of hydrogen-bond acceptors (Lipinski definition) is 4. The van der Waals surface area contributed by atoms with Crippen molar-refractivity contribution >= 4 is 65.3 Å². The van der Waals surface area contributed by atoms with E-state index in [1.807, 2.05) is 24.5 Å². The topological polar surface area (TPSA) is 51.6 Å². The second-order valence-corrected chi connectivity index (χ2v) is 12.3.